The first kappa shape index (κ1) is 15.0. The van der Waals surface area contributed by atoms with E-state index in [-0.39, 0.29) is 0 Å². The number of rotatable bonds is 5. The van der Waals surface area contributed by atoms with E-state index in [1.54, 1.807) is 0 Å². The Kier molecular flexibility index (Phi) is 5.28. The number of fused-ring (bicyclic) bond motifs is 1. The Morgan fingerprint density at radius 1 is 1.19 bits per heavy atom. The molecule has 2 heterocycles. The van der Waals surface area contributed by atoms with E-state index in [0.717, 1.165) is 26.2 Å². The molecule has 3 rings (SSSR count). The molecule has 2 atom stereocenters. The summed E-state index contributed by atoms with van der Waals surface area (Å²) < 4.78 is 6.19. The van der Waals surface area contributed by atoms with Gasteiger partial charge in [0.25, 0.3) is 0 Å². The monoisotopic (exact) mass is 288 g/mol. The van der Waals surface area contributed by atoms with Crippen molar-refractivity contribution >= 4 is 0 Å². The maximum absolute atomic E-state index is 6.19. The number of aryl methyl sites for hydroxylation is 1. The summed E-state index contributed by atoms with van der Waals surface area (Å²) in [5.74, 6) is 0. The van der Waals surface area contributed by atoms with Crippen molar-refractivity contribution in [3.8, 4) is 0 Å². The summed E-state index contributed by atoms with van der Waals surface area (Å²) in [5.41, 5.74) is 3.05. The van der Waals surface area contributed by atoms with Crippen LogP contribution < -0.4 is 5.32 Å². The van der Waals surface area contributed by atoms with Gasteiger partial charge in [0.2, 0.25) is 0 Å². The molecule has 0 bridgehead atoms. The molecule has 3 heteroatoms. The van der Waals surface area contributed by atoms with Crippen LogP contribution in [0.15, 0.2) is 24.3 Å². The minimum Gasteiger partial charge on any atom is -0.372 e. The van der Waals surface area contributed by atoms with Gasteiger partial charge in [0.1, 0.15) is 0 Å². The molecule has 1 fully saturated rings. The van der Waals surface area contributed by atoms with Crippen molar-refractivity contribution < 1.29 is 4.74 Å². The Hall–Kier alpha value is -0.900. The standard InChI is InChI=1S/C18H28N2O/c1-2-19-12-17-9-10-18(21-17)14-20-11-5-8-15-6-3-4-7-16(15)13-20/h3-4,6-7,17-19H,2,5,8-14H2,1H3. The maximum Gasteiger partial charge on any atom is 0.0707 e. The molecule has 3 nitrogen and oxygen atoms in total. The molecule has 2 aliphatic heterocycles. The van der Waals surface area contributed by atoms with Crippen LogP contribution in [0.25, 0.3) is 0 Å². The summed E-state index contributed by atoms with van der Waals surface area (Å²) in [5, 5.41) is 3.40. The Balaban J connectivity index is 1.52. The third-order valence-corrected chi connectivity index (χ3v) is 4.71. The van der Waals surface area contributed by atoms with Crippen LogP contribution in [0, 0.1) is 0 Å². The minimum absolute atomic E-state index is 0.425. The predicted molar refractivity (Wildman–Crippen MR) is 86.5 cm³/mol. The van der Waals surface area contributed by atoms with E-state index in [1.165, 1.54) is 43.4 Å². The summed E-state index contributed by atoms with van der Waals surface area (Å²) in [4.78, 5) is 2.59. The molecule has 0 saturated carbocycles. The minimum atomic E-state index is 0.425. The molecule has 0 aliphatic carbocycles. The van der Waals surface area contributed by atoms with Crippen molar-refractivity contribution in [3.63, 3.8) is 0 Å². The maximum atomic E-state index is 6.19. The molecule has 1 aromatic carbocycles. The van der Waals surface area contributed by atoms with Crippen LogP contribution in [-0.4, -0.2) is 43.3 Å². The van der Waals surface area contributed by atoms with Gasteiger partial charge in [0.15, 0.2) is 0 Å². The van der Waals surface area contributed by atoms with Crippen LogP contribution in [0.4, 0.5) is 0 Å². The third kappa shape index (κ3) is 4.06. The molecule has 0 radical (unpaired) electrons. The fourth-order valence-electron chi connectivity index (χ4n) is 3.58. The molecule has 2 unspecified atom stereocenters. The van der Waals surface area contributed by atoms with Crippen LogP contribution >= 0.6 is 0 Å². The van der Waals surface area contributed by atoms with Gasteiger partial charge in [-0.25, -0.2) is 0 Å². The van der Waals surface area contributed by atoms with E-state index in [1.807, 2.05) is 0 Å². The summed E-state index contributed by atoms with van der Waals surface area (Å²) >= 11 is 0. The van der Waals surface area contributed by atoms with Gasteiger partial charge in [0, 0.05) is 19.6 Å². The topological polar surface area (TPSA) is 24.5 Å². The number of nitrogens with one attached hydrogen (secondary N) is 1. The lowest BCUT2D eigenvalue weighted by Crippen LogP contribution is -2.33. The van der Waals surface area contributed by atoms with Crippen molar-refractivity contribution in [2.75, 3.05) is 26.2 Å². The van der Waals surface area contributed by atoms with Gasteiger partial charge >= 0.3 is 0 Å². The lowest BCUT2D eigenvalue weighted by atomic mass is 10.0. The summed E-state index contributed by atoms with van der Waals surface area (Å²) in [6.07, 6.45) is 5.77. The molecule has 116 valence electrons. The van der Waals surface area contributed by atoms with Crippen molar-refractivity contribution in [1.82, 2.24) is 10.2 Å². The van der Waals surface area contributed by atoms with Gasteiger partial charge in [-0.3, -0.25) is 4.90 Å². The highest BCUT2D eigenvalue weighted by atomic mass is 16.5. The van der Waals surface area contributed by atoms with Crippen LogP contribution in [0.3, 0.4) is 0 Å². The lowest BCUT2D eigenvalue weighted by molar-refractivity contribution is 0.0223. The van der Waals surface area contributed by atoms with Gasteiger partial charge in [-0.2, -0.15) is 0 Å². The molecule has 0 aromatic heterocycles. The van der Waals surface area contributed by atoms with Crippen LogP contribution in [0.5, 0.6) is 0 Å². The van der Waals surface area contributed by atoms with Crippen molar-refractivity contribution in [2.45, 2.75) is 51.4 Å². The first-order valence-corrected chi connectivity index (χ1v) is 8.50. The van der Waals surface area contributed by atoms with Crippen LogP contribution in [0.1, 0.15) is 37.3 Å². The first-order chi connectivity index (χ1) is 10.3. The molecule has 21 heavy (non-hydrogen) atoms. The SMILES string of the molecule is CCNCC1CCC(CN2CCCc3ccccc3C2)O1. The van der Waals surface area contributed by atoms with Crippen molar-refractivity contribution in [1.29, 1.82) is 0 Å². The molecular weight excluding hydrogens is 260 g/mol. The third-order valence-electron chi connectivity index (χ3n) is 4.71. The van der Waals surface area contributed by atoms with E-state index in [0.29, 0.717) is 12.2 Å². The summed E-state index contributed by atoms with van der Waals surface area (Å²) in [7, 11) is 0. The van der Waals surface area contributed by atoms with Crippen LogP contribution in [0.2, 0.25) is 0 Å². The first-order valence-electron chi connectivity index (χ1n) is 8.50. The Morgan fingerprint density at radius 2 is 2.00 bits per heavy atom. The zero-order chi connectivity index (χ0) is 14.5. The second kappa shape index (κ2) is 7.39. The molecule has 0 amide bonds. The molecule has 2 aliphatic rings. The van der Waals surface area contributed by atoms with E-state index in [2.05, 4.69) is 41.4 Å². The van der Waals surface area contributed by atoms with E-state index >= 15 is 0 Å². The lowest BCUT2D eigenvalue weighted by Gasteiger charge is -2.24. The van der Waals surface area contributed by atoms with Crippen molar-refractivity contribution in [3.05, 3.63) is 35.4 Å². The van der Waals surface area contributed by atoms with Gasteiger partial charge in [-0.05, 0) is 49.9 Å². The number of ether oxygens (including phenoxy) is 1. The number of benzene rings is 1. The fraction of sp³-hybridized carbons (Fsp3) is 0.667. The van der Waals surface area contributed by atoms with Gasteiger partial charge < -0.3 is 10.1 Å². The largest absolute Gasteiger partial charge is 0.372 e. The highest BCUT2D eigenvalue weighted by Crippen LogP contribution is 2.23. The average Bonchev–Trinajstić information content (AvgIpc) is 2.83. The Labute approximate surface area is 128 Å². The summed E-state index contributed by atoms with van der Waals surface area (Å²) in [6.45, 7) is 7.58. The molecule has 0 spiro atoms. The quantitative estimate of drug-likeness (QED) is 0.901. The average molecular weight is 288 g/mol. The zero-order valence-corrected chi connectivity index (χ0v) is 13.2. The highest BCUT2D eigenvalue weighted by molar-refractivity contribution is 5.28. The fourth-order valence-corrected chi connectivity index (χ4v) is 3.58. The van der Waals surface area contributed by atoms with E-state index in [9.17, 15) is 0 Å². The van der Waals surface area contributed by atoms with Crippen LogP contribution in [-0.2, 0) is 17.7 Å². The highest BCUT2D eigenvalue weighted by Gasteiger charge is 2.27. The van der Waals surface area contributed by atoms with Gasteiger partial charge in [-0.1, -0.05) is 31.2 Å². The Morgan fingerprint density at radius 3 is 2.86 bits per heavy atom. The van der Waals surface area contributed by atoms with E-state index < -0.39 is 0 Å². The number of hydrogen-bond donors (Lipinski definition) is 1. The van der Waals surface area contributed by atoms with E-state index in [4.69, 9.17) is 4.74 Å². The second-order valence-corrected chi connectivity index (χ2v) is 6.37. The summed E-state index contributed by atoms with van der Waals surface area (Å²) in [6, 6.07) is 8.91. The molecule has 1 saturated heterocycles. The van der Waals surface area contributed by atoms with Crippen molar-refractivity contribution in [2.24, 2.45) is 0 Å². The molecule has 1 N–H and O–H groups in total. The smallest absolute Gasteiger partial charge is 0.0707 e. The van der Waals surface area contributed by atoms with Gasteiger partial charge in [0.05, 0.1) is 12.2 Å². The Bertz CT molecular complexity index is 449. The number of likely N-dealkylation sites (N-methyl/N-ethyl adjacent to an activating group) is 1. The van der Waals surface area contributed by atoms with Gasteiger partial charge in [-0.15, -0.1) is 0 Å². The number of nitrogens with zero attached hydrogens (tertiary/aromatic N) is 1. The zero-order valence-electron chi connectivity index (χ0n) is 13.2. The molecule has 1 aromatic rings. The second-order valence-electron chi connectivity index (χ2n) is 6.37. The predicted octanol–water partition coefficient (Wildman–Crippen LogP) is 2.59. The molecular formula is C18H28N2O. The normalized spacial score (nSPS) is 26.5. The number of hydrogen-bond acceptors (Lipinski definition) is 3.